The largest absolute Gasteiger partial charge is 0.493 e. The molecule has 6 nitrogen and oxygen atoms in total. The Morgan fingerprint density at radius 2 is 1.96 bits per heavy atom. The van der Waals surface area contributed by atoms with E-state index in [0.717, 1.165) is 18.4 Å². The Morgan fingerprint density at radius 1 is 1.19 bits per heavy atom. The molecule has 1 aliphatic carbocycles. The van der Waals surface area contributed by atoms with Crippen molar-refractivity contribution in [2.45, 2.75) is 26.4 Å². The van der Waals surface area contributed by atoms with Gasteiger partial charge in [-0.15, -0.1) is 0 Å². The molecule has 4 rings (SSSR count). The van der Waals surface area contributed by atoms with Crippen molar-refractivity contribution in [3.63, 3.8) is 0 Å². The Kier molecular flexibility index (Phi) is 4.62. The number of ether oxygens (including phenoxy) is 2. The Morgan fingerprint density at radius 3 is 2.59 bits per heavy atom. The van der Waals surface area contributed by atoms with Crippen molar-refractivity contribution in [1.82, 2.24) is 10.1 Å². The van der Waals surface area contributed by atoms with E-state index in [1.807, 2.05) is 30.3 Å². The second kappa shape index (κ2) is 7.23. The van der Waals surface area contributed by atoms with Gasteiger partial charge in [-0.3, -0.25) is 4.79 Å². The number of hydrogen-bond acceptors (Lipinski definition) is 6. The highest BCUT2D eigenvalue weighted by molar-refractivity contribution is 6.05. The van der Waals surface area contributed by atoms with Gasteiger partial charge >= 0.3 is 0 Å². The summed E-state index contributed by atoms with van der Waals surface area (Å²) in [5, 5.41) is 3.97. The Hall–Kier alpha value is -3.15. The molecule has 27 heavy (non-hydrogen) atoms. The minimum Gasteiger partial charge on any atom is -0.493 e. The van der Waals surface area contributed by atoms with Gasteiger partial charge in [0.2, 0.25) is 11.7 Å². The van der Waals surface area contributed by atoms with Crippen LogP contribution in [0.4, 0.5) is 0 Å². The summed E-state index contributed by atoms with van der Waals surface area (Å²) < 4.78 is 16.5. The molecule has 1 saturated carbocycles. The fourth-order valence-electron chi connectivity index (χ4n) is 2.93. The zero-order valence-electron chi connectivity index (χ0n) is 15.3. The molecule has 0 unspecified atom stereocenters. The molecule has 1 heterocycles. The lowest BCUT2D eigenvalue weighted by Gasteiger charge is -2.14. The average Bonchev–Trinajstić information content (AvgIpc) is 3.47. The number of carbonyl (C=O) groups is 1. The van der Waals surface area contributed by atoms with Crippen LogP contribution in [-0.2, 0) is 6.61 Å². The summed E-state index contributed by atoms with van der Waals surface area (Å²) in [5.41, 5.74) is 2.18. The third-order valence-corrected chi connectivity index (χ3v) is 4.52. The maximum Gasteiger partial charge on any atom is 0.223 e. The second-order valence-electron chi connectivity index (χ2n) is 6.60. The fourth-order valence-corrected chi connectivity index (χ4v) is 2.93. The molecule has 0 bridgehead atoms. The van der Waals surface area contributed by atoms with Crippen molar-refractivity contribution in [2.24, 2.45) is 5.92 Å². The lowest BCUT2D eigenvalue weighted by molar-refractivity contribution is 0.0967. The van der Waals surface area contributed by atoms with Gasteiger partial charge in [-0.25, -0.2) is 0 Å². The van der Waals surface area contributed by atoms with Crippen LogP contribution >= 0.6 is 0 Å². The molecular formula is C21H20N2O4. The Balaban J connectivity index is 1.72. The van der Waals surface area contributed by atoms with E-state index in [1.165, 1.54) is 0 Å². The Labute approximate surface area is 157 Å². The first-order valence-electron chi connectivity index (χ1n) is 8.89. The quantitative estimate of drug-likeness (QED) is 0.584. The zero-order chi connectivity index (χ0) is 18.8. The number of hydrogen-bond donors (Lipinski definition) is 0. The van der Waals surface area contributed by atoms with Crippen LogP contribution in [0.2, 0.25) is 0 Å². The molecule has 0 N–H and O–H groups in total. The first-order valence-corrected chi connectivity index (χ1v) is 8.89. The molecule has 1 aromatic heterocycles. The van der Waals surface area contributed by atoms with Crippen LogP contribution in [0, 0.1) is 12.8 Å². The van der Waals surface area contributed by atoms with Gasteiger partial charge in [0.05, 0.1) is 7.11 Å². The van der Waals surface area contributed by atoms with E-state index in [1.54, 1.807) is 26.2 Å². The van der Waals surface area contributed by atoms with Crippen molar-refractivity contribution in [1.29, 1.82) is 0 Å². The number of aryl methyl sites for hydroxylation is 1. The predicted molar refractivity (Wildman–Crippen MR) is 98.9 cm³/mol. The maximum absolute atomic E-state index is 12.9. The molecule has 138 valence electrons. The van der Waals surface area contributed by atoms with E-state index < -0.39 is 0 Å². The Bertz CT molecular complexity index is 962. The monoisotopic (exact) mass is 364 g/mol. The summed E-state index contributed by atoms with van der Waals surface area (Å²) in [6.45, 7) is 2.10. The SMILES string of the molecule is COc1cc(-c2noc(C)n2)c(C(=O)C2CC2)cc1OCc1ccccc1. The van der Waals surface area contributed by atoms with E-state index in [2.05, 4.69) is 10.1 Å². The van der Waals surface area contributed by atoms with Gasteiger partial charge in [0.15, 0.2) is 17.3 Å². The minimum absolute atomic E-state index is 0.0621. The number of Topliss-reactive ketones (excluding diaryl/α,β-unsaturated/α-hetero) is 1. The number of methoxy groups -OCH3 is 1. The van der Waals surface area contributed by atoms with Crippen molar-refractivity contribution in [3.8, 4) is 22.9 Å². The molecule has 3 aromatic rings. The molecule has 1 fully saturated rings. The molecule has 0 aliphatic heterocycles. The summed E-state index contributed by atoms with van der Waals surface area (Å²) in [5.74, 6) is 2.01. The lowest BCUT2D eigenvalue weighted by atomic mass is 9.99. The number of benzene rings is 2. The number of nitrogens with zero attached hydrogens (tertiary/aromatic N) is 2. The molecule has 2 aromatic carbocycles. The molecule has 0 atom stereocenters. The van der Waals surface area contributed by atoms with E-state index >= 15 is 0 Å². The standard InChI is InChI=1S/C21H20N2O4/c1-13-22-21(23-27-13)17-11-18(25-2)19(10-16(17)20(24)15-8-9-15)26-12-14-6-4-3-5-7-14/h3-7,10-11,15H,8-9,12H2,1-2H3. The lowest BCUT2D eigenvalue weighted by Crippen LogP contribution is -2.07. The highest BCUT2D eigenvalue weighted by Crippen LogP contribution is 2.40. The number of aromatic nitrogens is 2. The van der Waals surface area contributed by atoms with E-state index in [9.17, 15) is 4.79 Å². The topological polar surface area (TPSA) is 74.5 Å². The molecular weight excluding hydrogens is 344 g/mol. The normalized spacial score (nSPS) is 13.4. The third kappa shape index (κ3) is 3.69. The van der Waals surface area contributed by atoms with Gasteiger partial charge < -0.3 is 14.0 Å². The molecule has 0 saturated heterocycles. The maximum atomic E-state index is 12.9. The number of rotatable bonds is 7. The van der Waals surface area contributed by atoms with E-state index in [0.29, 0.717) is 40.9 Å². The van der Waals surface area contributed by atoms with Gasteiger partial charge in [0, 0.05) is 24.0 Å². The van der Waals surface area contributed by atoms with Crippen LogP contribution in [0.1, 0.15) is 34.7 Å². The van der Waals surface area contributed by atoms with Crippen molar-refractivity contribution >= 4 is 5.78 Å². The second-order valence-corrected chi connectivity index (χ2v) is 6.60. The first kappa shape index (κ1) is 17.3. The van der Waals surface area contributed by atoms with Gasteiger partial charge in [0.25, 0.3) is 0 Å². The summed E-state index contributed by atoms with van der Waals surface area (Å²) >= 11 is 0. The number of carbonyl (C=O) groups excluding carboxylic acids is 1. The number of ketones is 1. The van der Waals surface area contributed by atoms with Crippen LogP contribution in [0.25, 0.3) is 11.4 Å². The zero-order valence-corrected chi connectivity index (χ0v) is 15.3. The predicted octanol–water partition coefficient (Wildman–Crippen LogP) is 4.23. The molecule has 6 heteroatoms. The van der Waals surface area contributed by atoms with Gasteiger partial charge in [0.1, 0.15) is 6.61 Å². The highest BCUT2D eigenvalue weighted by atomic mass is 16.5. The average molecular weight is 364 g/mol. The molecule has 0 radical (unpaired) electrons. The van der Waals surface area contributed by atoms with Gasteiger partial charge in [-0.05, 0) is 30.5 Å². The van der Waals surface area contributed by atoms with Crippen molar-refractivity contribution in [3.05, 3.63) is 59.5 Å². The minimum atomic E-state index is 0.0621. The molecule has 0 spiro atoms. The highest BCUT2D eigenvalue weighted by Gasteiger charge is 2.33. The van der Waals surface area contributed by atoms with Crippen LogP contribution in [-0.4, -0.2) is 23.0 Å². The summed E-state index contributed by atoms with van der Waals surface area (Å²) in [6, 6.07) is 13.3. The van der Waals surface area contributed by atoms with Crippen molar-refractivity contribution < 1.29 is 18.8 Å². The van der Waals surface area contributed by atoms with Crippen LogP contribution < -0.4 is 9.47 Å². The first-order chi connectivity index (χ1) is 13.2. The fraction of sp³-hybridized carbons (Fsp3) is 0.286. The van der Waals surface area contributed by atoms with Crippen LogP contribution in [0.5, 0.6) is 11.5 Å². The van der Waals surface area contributed by atoms with Crippen LogP contribution in [0.15, 0.2) is 47.0 Å². The smallest absolute Gasteiger partial charge is 0.223 e. The van der Waals surface area contributed by atoms with Gasteiger partial charge in [-0.2, -0.15) is 4.98 Å². The molecule has 1 aliphatic rings. The summed E-state index contributed by atoms with van der Waals surface area (Å²) in [7, 11) is 1.57. The molecule has 0 amide bonds. The summed E-state index contributed by atoms with van der Waals surface area (Å²) in [4.78, 5) is 17.1. The van der Waals surface area contributed by atoms with Crippen LogP contribution in [0.3, 0.4) is 0 Å². The van der Waals surface area contributed by atoms with Crippen molar-refractivity contribution in [2.75, 3.05) is 7.11 Å². The summed E-state index contributed by atoms with van der Waals surface area (Å²) in [6.07, 6.45) is 1.82. The van der Waals surface area contributed by atoms with Gasteiger partial charge in [-0.1, -0.05) is 35.5 Å². The van der Waals surface area contributed by atoms with E-state index in [-0.39, 0.29) is 11.7 Å². The van der Waals surface area contributed by atoms with E-state index in [4.69, 9.17) is 14.0 Å². The third-order valence-electron chi connectivity index (χ3n) is 4.52.